The van der Waals surface area contributed by atoms with E-state index in [0.29, 0.717) is 12.2 Å². The standard InChI is InChI=1S/C11H15ClO5S2/c1-2-18(13,14)9-3-8-17-10-4-6-11(7-5-10)19(12,15)16/h4-7H,2-3,8-9H2,1H3. The summed E-state index contributed by atoms with van der Waals surface area (Å²) < 4.78 is 49.8. The Bertz CT molecular complexity index is 605. The third-order valence-corrected chi connectivity index (χ3v) is 5.57. The fourth-order valence-electron chi connectivity index (χ4n) is 1.31. The third kappa shape index (κ3) is 5.80. The molecular formula is C11H15ClO5S2. The molecule has 0 bridgehead atoms. The minimum atomic E-state index is -3.73. The molecule has 0 unspecified atom stereocenters. The van der Waals surface area contributed by atoms with Crippen LogP contribution in [0.25, 0.3) is 0 Å². The molecule has 0 heterocycles. The zero-order chi connectivity index (χ0) is 14.5. The van der Waals surface area contributed by atoms with E-state index in [1.807, 2.05) is 0 Å². The van der Waals surface area contributed by atoms with Gasteiger partial charge < -0.3 is 4.74 Å². The molecule has 0 amide bonds. The van der Waals surface area contributed by atoms with Gasteiger partial charge in [-0.2, -0.15) is 0 Å². The van der Waals surface area contributed by atoms with Crippen molar-refractivity contribution in [1.29, 1.82) is 0 Å². The molecule has 8 heteroatoms. The van der Waals surface area contributed by atoms with Crippen molar-refractivity contribution in [3.8, 4) is 5.75 Å². The van der Waals surface area contributed by atoms with Gasteiger partial charge in [0.25, 0.3) is 9.05 Å². The highest BCUT2D eigenvalue weighted by Gasteiger charge is 2.09. The number of benzene rings is 1. The SMILES string of the molecule is CCS(=O)(=O)CCCOc1ccc(S(=O)(=O)Cl)cc1. The van der Waals surface area contributed by atoms with E-state index in [2.05, 4.69) is 0 Å². The highest BCUT2D eigenvalue weighted by atomic mass is 35.7. The first-order chi connectivity index (χ1) is 8.74. The minimum Gasteiger partial charge on any atom is -0.494 e. The molecule has 5 nitrogen and oxygen atoms in total. The quantitative estimate of drug-likeness (QED) is 0.564. The normalized spacial score (nSPS) is 12.3. The lowest BCUT2D eigenvalue weighted by atomic mass is 10.3. The van der Waals surface area contributed by atoms with Crippen molar-refractivity contribution in [2.24, 2.45) is 0 Å². The molecule has 1 aromatic carbocycles. The van der Waals surface area contributed by atoms with E-state index in [1.54, 1.807) is 6.92 Å². The van der Waals surface area contributed by atoms with Gasteiger partial charge in [-0.1, -0.05) is 6.92 Å². The van der Waals surface area contributed by atoms with E-state index >= 15 is 0 Å². The summed E-state index contributed by atoms with van der Waals surface area (Å²) in [5.41, 5.74) is 0. The predicted octanol–water partition coefficient (Wildman–Crippen LogP) is 1.82. The highest BCUT2D eigenvalue weighted by molar-refractivity contribution is 8.13. The van der Waals surface area contributed by atoms with Gasteiger partial charge in [0, 0.05) is 16.4 Å². The van der Waals surface area contributed by atoms with Gasteiger partial charge in [0.2, 0.25) is 0 Å². The Balaban J connectivity index is 2.47. The van der Waals surface area contributed by atoms with Crippen LogP contribution in [0.4, 0.5) is 0 Å². The van der Waals surface area contributed by atoms with Crippen LogP contribution in [0.15, 0.2) is 29.2 Å². The van der Waals surface area contributed by atoms with E-state index in [9.17, 15) is 16.8 Å². The van der Waals surface area contributed by atoms with Gasteiger partial charge >= 0.3 is 0 Å². The Kier molecular flexibility index (Phi) is 5.64. The van der Waals surface area contributed by atoms with Crippen molar-refractivity contribution in [3.63, 3.8) is 0 Å². The van der Waals surface area contributed by atoms with Crippen LogP contribution in [0.5, 0.6) is 5.75 Å². The number of rotatable bonds is 7. The van der Waals surface area contributed by atoms with Crippen LogP contribution in [0, 0.1) is 0 Å². The van der Waals surface area contributed by atoms with Gasteiger partial charge in [-0.15, -0.1) is 0 Å². The number of halogens is 1. The lowest BCUT2D eigenvalue weighted by Gasteiger charge is -2.06. The molecule has 1 aromatic rings. The Morgan fingerprint density at radius 1 is 1.11 bits per heavy atom. The van der Waals surface area contributed by atoms with Crippen molar-refractivity contribution in [3.05, 3.63) is 24.3 Å². The highest BCUT2D eigenvalue weighted by Crippen LogP contribution is 2.19. The van der Waals surface area contributed by atoms with E-state index in [-0.39, 0.29) is 23.0 Å². The largest absolute Gasteiger partial charge is 0.494 e. The molecule has 1 rings (SSSR count). The lowest BCUT2D eigenvalue weighted by molar-refractivity contribution is 0.317. The molecule has 0 fully saturated rings. The number of sulfone groups is 1. The van der Waals surface area contributed by atoms with Gasteiger partial charge in [0.15, 0.2) is 0 Å². The molecule has 19 heavy (non-hydrogen) atoms. The fraction of sp³-hybridized carbons (Fsp3) is 0.455. The molecular weight excluding hydrogens is 312 g/mol. The van der Waals surface area contributed by atoms with Crippen molar-refractivity contribution in [2.75, 3.05) is 18.1 Å². The molecule has 0 spiro atoms. The van der Waals surface area contributed by atoms with E-state index < -0.39 is 18.9 Å². The fourth-order valence-corrected chi connectivity index (χ4v) is 2.93. The second-order valence-corrected chi connectivity index (χ2v) is 8.89. The molecule has 0 N–H and O–H groups in total. The maximum atomic E-state index is 11.2. The first-order valence-electron chi connectivity index (χ1n) is 5.62. The van der Waals surface area contributed by atoms with Crippen LogP contribution in [0.3, 0.4) is 0 Å². The summed E-state index contributed by atoms with van der Waals surface area (Å²) in [4.78, 5) is -0.00456. The molecule has 0 aliphatic heterocycles. The maximum Gasteiger partial charge on any atom is 0.261 e. The molecule has 0 saturated carbocycles. The van der Waals surface area contributed by atoms with Gasteiger partial charge in [0.05, 0.1) is 17.3 Å². The number of hydrogen-bond acceptors (Lipinski definition) is 5. The van der Waals surface area contributed by atoms with Crippen molar-refractivity contribution in [2.45, 2.75) is 18.2 Å². The molecule has 0 radical (unpaired) electrons. The van der Waals surface area contributed by atoms with E-state index in [1.165, 1.54) is 24.3 Å². The van der Waals surface area contributed by atoms with Crippen LogP contribution in [0.1, 0.15) is 13.3 Å². The number of hydrogen-bond donors (Lipinski definition) is 0. The van der Waals surface area contributed by atoms with Crippen molar-refractivity contribution < 1.29 is 21.6 Å². The van der Waals surface area contributed by atoms with Gasteiger partial charge in [-0.3, -0.25) is 0 Å². The molecule has 0 aliphatic rings. The van der Waals surface area contributed by atoms with Gasteiger partial charge in [-0.25, -0.2) is 16.8 Å². The predicted molar refractivity (Wildman–Crippen MR) is 73.9 cm³/mol. The van der Waals surface area contributed by atoms with Crippen molar-refractivity contribution in [1.82, 2.24) is 0 Å². The molecule has 0 aromatic heterocycles. The first kappa shape index (κ1) is 16.3. The average Bonchev–Trinajstić information content (AvgIpc) is 2.34. The lowest BCUT2D eigenvalue weighted by Crippen LogP contribution is -2.11. The van der Waals surface area contributed by atoms with Gasteiger partial charge in [-0.05, 0) is 30.7 Å². The van der Waals surface area contributed by atoms with Crippen LogP contribution >= 0.6 is 10.7 Å². The zero-order valence-corrected chi connectivity index (χ0v) is 12.8. The summed E-state index contributed by atoms with van der Waals surface area (Å²) in [6, 6.07) is 5.62. The molecule has 0 saturated heterocycles. The topological polar surface area (TPSA) is 77.5 Å². The summed E-state index contributed by atoms with van der Waals surface area (Å²) >= 11 is 0. The Morgan fingerprint density at radius 2 is 1.68 bits per heavy atom. The average molecular weight is 327 g/mol. The summed E-state index contributed by atoms with van der Waals surface area (Å²) in [5, 5.41) is 0. The first-order valence-corrected chi connectivity index (χ1v) is 9.75. The molecule has 0 atom stereocenters. The Labute approximate surface area is 117 Å². The zero-order valence-electron chi connectivity index (χ0n) is 10.4. The van der Waals surface area contributed by atoms with Crippen LogP contribution < -0.4 is 4.74 Å². The van der Waals surface area contributed by atoms with Gasteiger partial charge in [0.1, 0.15) is 15.6 Å². The number of ether oxygens (including phenoxy) is 1. The summed E-state index contributed by atoms with van der Waals surface area (Å²) in [6.45, 7) is 1.85. The maximum absolute atomic E-state index is 11.2. The second-order valence-electron chi connectivity index (χ2n) is 3.85. The van der Waals surface area contributed by atoms with Crippen LogP contribution in [-0.4, -0.2) is 34.9 Å². The Morgan fingerprint density at radius 3 is 2.16 bits per heavy atom. The van der Waals surface area contributed by atoms with Crippen LogP contribution in [0.2, 0.25) is 0 Å². The monoisotopic (exact) mass is 326 g/mol. The second kappa shape index (κ2) is 6.58. The summed E-state index contributed by atoms with van der Waals surface area (Å²) in [7, 11) is -1.54. The van der Waals surface area contributed by atoms with E-state index in [0.717, 1.165) is 0 Å². The Hall–Kier alpha value is -0.790. The summed E-state index contributed by atoms with van der Waals surface area (Å²) in [5.74, 6) is 0.672. The van der Waals surface area contributed by atoms with E-state index in [4.69, 9.17) is 15.4 Å². The smallest absolute Gasteiger partial charge is 0.261 e. The van der Waals surface area contributed by atoms with Crippen molar-refractivity contribution >= 4 is 29.6 Å². The summed E-state index contributed by atoms with van der Waals surface area (Å²) in [6.07, 6.45) is 0.395. The van der Waals surface area contributed by atoms with Crippen LogP contribution in [-0.2, 0) is 18.9 Å². The molecule has 108 valence electrons. The third-order valence-electron chi connectivity index (χ3n) is 2.41. The minimum absolute atomic E-state index is 0.00456. The molecule has 0 aliphatic carbocycles.